The zero-order valence-corrected chi connectivity index (χ0v) is 13.0. The molecule has 2 unspecified atom stereocenters. The van der Waals surface area contributed by atoms with Crippen molar-refractivity contribution in [2.24, 2.45) is 11.8 Å². The highest BCUT2D eigenvalue weighted by atomic mass is 35.5. The van der Waals surface area contributed by atoms with Gasteiger partial charge in [0.05, 0.1) is 11.9 Å². The maximum atomic E-state index is 5.96. The minimum absolute atomic E-state index is 0.597. The van der Waals surface area contributed by atoms with Gasteiger partial charge in [0.15, 0.2) is 0 Å². The van der Waals surface area contributed by atoms with Gasteiger partial charge in [-0.05, 0) is 49.7 Å². The van der Waals surface area contributed by atoms with E-state index in [1.54, 1.807) is 0 Å². The largest absolute Gasteiger partial charge is 0.381 e. The van der Waals surface area contributed by atoms with Gasteiger partial charge in [0, 0.05) is 6.04 Å². The Morgan fingerprint density at radius 1 is 1.42 bits per heavy atom. The number of aryl methyl sites for hydroxylation is 1. The van der Waals surface area contributed by atoms with Crippen molar-refractivity contribution in [1.82, 2.24) is 4.98 Å². The van der Waals surface area contributed by atoms with Crippen molar-refractivity contribution in [1.29, 1.82) is 0 Å². The van der Waals surface area contributed by atoms with Crippen molar-refractivity contribution in [3.05, 3.63) is 23.0 Å². The Morgan fingerprint density at radius 2 is 2.21 bits per heavy atom. The first-order valence-electron chi connectivity index (χ1n) is 7.43. The van der Waals surface area contributed by atoms with Crippen LogP contribution < -0.4 is 5.32 Å². The highest BCUT2D eigenvalue weighted by Gasteiger charge is 2.22. The number of hydrogen-bond donors (Lipinski definition) is 1. The van der Waals surface area contributed by atoms with Crippen LogP contribution in [-0.2, 0) is 0 Å². The van der Waals surface area contributed by atoms with E-state index in [2.05, 4.69) is 30.2 Å². The quantitative estimate of drug-likeness (QED) is 0.780. The maximum Gasteiger partial charge on any atom is 0.132 e. The molecule has 0 aromatic carbocycles. The number of rotatable bonds is 4. The lowest BCUT2D eigenvalue weighted by Crippen LogP contribution is -2.28. The van der Waals surface area contributed by atoms with Gasteiger partial charge in [-0.2, -0.15) is 0 Å². The number of pyridine rings is 1. The van der Waals surface area contributed by atoms with E-state index in [9.17, 15) is 0 Å². The fraction of sp³-hybridized carbons (Fsp3) is 0.688. The molecule has 1 N–H and O–H groups in total. The van der Waals surface area contributed by atoms with E-state index in [-0.39, 0.29) is 0 Å². The van der Waals surface area contributed by atoms with Gasteiger partial charge in [-0.1, -0.05) is 38.3 Å². The summed E-state index contributed by atoms with van der Waals surface area (Å²) in [5.74, 6) is 1.69. The van der Waals surface area contributed by atoms with E-state index in [1.165, 1.54) is 32.1 Å². The third kappa shape index (κ3) is 4.38. The monoisotopic (exact) mass is 280 g/mol. The summed E-state index contributed by atoms with van der Waals surface area (Å²) in [6.45, 7) is 6.65. The number of nitrogens with zero attached hydrogens (tertiary/aromatic N) is 1. The van der Waals surface area contributed by atoms with Crippen LogP contribution in [0, 0.1) is 18.8 Å². The zero-order chi connectivity index (χ0) is 13.8. The van der Waals surface area contributed by atoms with Crippen molar-refractivity contribution >= 4 is 17.3 Å². The lowest BCUT2D eigenvalue weighted by Gasteiger charge is -2.31. The van der Waals surface area contributed by atoms with Crippen LogP contribution in [-0.4, -0.2) is 11.0 Å². The molecule has 19 heavy (non-hydrogen) atoms. The van der Waals surface area contributed by atoms with Gasteiger partial charge in [-0.3, -0.25) is 0 Å². The molecule has 1 aromatic heterocycles. The summed E-state index contributed by atoms with van der Waals surface area (Å²) < 4.78 is 0. The second kappa shape index (κ2) is 6.60. The summed E-state index contributed by atoms with van der Waals surface area (Å²) in [4.78, 5) is 4.21. The molecule has 0 bridgehead atoms. The average molecular weight is 281 g/mol. The molecule has 1 aliphatic carbocycles. The molecule has 1 heterocycles. The van der Waals surface area contributed by atoms with Gasteiger partial charge in [0.2, 0.25) is 0 Å². The first-order chi connectivity index (χ1) is 9.04. The third-order valence-corrected chi connectivity index (χ3v) is 4.37. The molecule has 0 amide bonds. The topological polar surface area (TPSA) is 24.9 Å². The molecule has 2 atom stereocenters. The van der Waals surface area contributed by atoms with Crippen LogP contribution >= 0.6 is 11.6 Å². The minimum Gasteiger partial charge on any atom is -0.381 e. The van der Waals surface area contributed by atoms with E-state index in [4.69, 9.17) is 11.6 Å². The van der Waals surface area contributed by atoms with Gasteiger partial charge in [0.25, 0.3) is 0 Å². The Hall–Kier alpha value is -0.760. The molecular formula is C16H25ClN2. The van der Waals surface area contributed by atoms with Crippen LogP contribution in [0.3, 0.4) is 0 Å². The zero-order valence-electron chi connectivity index (χ0n) is 12.2. The van der Waals surface area contributed by atoms with Gasteiger partial charge >= 0.3 is 0 Å². The van der Waals surface area contributed by atoms with Crippen molar-refractivity contribution in [2.75, 3.05) is 5.32 Å². The van der Waals surface area contributed by atoms with Gasteiger partial charge in [-0.15, -0.1) is 0 Å². The summed E-state index contributed by atoms with van der Waals surface area (Å²) in [5.41, 5.74) is 2.15. The van der Waals surface area contributed by atoms with Crippen LogP contribution in [0.25, 0.3) is 0 Å². The first kappa shape index (κ1) is 14.6. The molecule has 106 valence electrons. The number of aromatic nitrogens is 1. The van der Waals surface area contributed by atoms with Crippen LogP contribution in [0.15, 0.2) is 12.3 Å². The van der Waals surface area contributed by atoms with Crippen molar-refractivity contribution in [3.63, 3.8) is 0 Å². The van der Waals surface area contributed by atoms with Crippen LogP contribution in [0.4, 0.5) is 5.69 Å². The van der Waals surface area contributed by atoms with Gasteiger partial charge < -0.3 is 5.32 Å². The van der Waals surface area contributed by atoms with E-state index in [0.717, 1.165) is 23.1 Å². The fourth-order valence-electron chi connectivity index (χ4n) is 3.18. The second-order valence-corrected chi connectivity index (χ2v) is 6.69. The number of nitrogens with one attached hydrogen (secondary N) is 1. The molecule has 0 spiro atoms. The normalized spacial score (nSPS) is 23.6. The molecule has 0 saturated heterocycles. The molecule has 2 nitrogen and oxygen atoms in total. The smallest absolute Gasteiger partial charge is 0.132 e. The van der Waals surface area contributed by atoms with Crippen molar-refractivity contribution in [3.8, 4) is 0 Å². The standard InChI is InChI=1S/C16H25ClN2/c1-11(2)7-13-5-4-6-14(9-13)19-15-8-12(3)16(17)18-10-15/h8,10-11,13-14,19H,4-7,9H2,1-3H3. The molecular weight excluding hydrogens is 256 g/mol. The minimum atomic E-state index is 0.597. The summed E-state index contributed by atoms with van der Waals surface area (Å²) in [6.07, 6.45) is 8.51. The Kier molecular flexibility index (Phi) is 5.09. The molecule has 1 aromatic rings. The Morgan fingerprint density at radius 3 is 2.89 bits per heavy atom. The van der Waals surface area contributed by atoms with Crippen LogP contribution in [0.1, 0.15) is 51.5 Å². The van der Waals surface area contributed by atoms with Gasteiger partial charge in [-0.25, -0.2) is 4.98 Å². The summed E-state index contributed by atoms with van der Waals surface area (Å²) in [5, 5.41) is 4.23. The summed E-state index contributed by atoms with van der Waals surface area (Å²) >= 11 is 5.96. The first-order valence-corrected chi connectivity index (χ1v) is 7.81. The molecule has 3 heteroatoms. The average Bonchev–Trinajstić information content (AvgIpc) is 2.33. The van der Waals surface area contributed by atoms with Crippen LogP contribution in [0.5, 0.6) is 0 Å². The van der Waals surface area contributed by atoms with Gasteiger partial charge in [0.1, 0.15) is 5.15 Å². The van der Waals surface area contributed by atoms with E-state index >= 15 is 0 Å². The Bertz CT molecular complexity index is 417. The summed E-state index contributed by atoms with van der Waals surface area (Å²) in [6, 6.07) is 2.70. The van der Waals surface area contributed by atoms with Crippen molar-refractivity contribution < 1.29 is 0 Å². The maximum absolute atomic E-state index is 5.96. The SMILES string of the molecule is Cc1cc(NC2CCCC(CC(C)C)C2)cnc1Cl. The molecule has 1 saturated carbocycles. The molecule has 1 fully saturated rings. The van der Waals surface area contributed by atoms with Crippen molar-refractivity contribution in [2.45, 2.75) is 58.9 Å². The Labute approximate surface area is 122 Å². The molecule has 2 rings (SSSR count). The fourth-order valence-corrected chi connectivity index (χ4v) is 3.28. The van der Waals surface area contributed by atoms with E-state index < -0.39 is 0 Å². The number of halogens is 1. The Balaban J connectivity index is 1.92. The molecule has 1 aliphatic rings. The lowest BCUT2D eigenvalue weighted by molar-refractivity contribution is 0.289. The predicted molar refractivity (Wildman–Crippen MR) is 82.8 cm³/mol. The predicted octanol–water partition coefficient (Wildman–Crippen LogP) is 5.06. The van der Waals surface area contributed by atoms with E-state index in [0.29, 0.717) is 11.2 Å². The highest BCUT2D eigenvalue weighted by molar-refractivity contribution is 6.30. The number of anilines is 1. The summed E-state index contributed by atoms with van der Waals surface area (Å²) in [7, 11) is 0. The third-order valence-electron chi connectivity index (χ3n) is 3.97. The number of hydrogen-bond acceptors (Lipinski definition) is 2. The highest BCUT2D eigenvalue weighted by Crippen LogP contribution is 2.31. The second-order valence-electron chi connectivity index (χ2n) is 6.34. The van der Waals surface area contributed by atoms with E-state index in [1.807, 2.05) is 13.1 Å². The molecule has 0 aliphatic heterocycles. The molecule has 0 radical (unpaired) electrons. The van der Waals surface area contributed by atoms with Crippen LogP contribution in [0.2, 0.25) is 5.15 Å². The lowest BCUT2D eigenvalue weighted by atomic mass is 9.81.